The number of halogens is 3. The molecule has 180 valence electrons. The number of nitro groups is 1. The summed E-state index contributed by atoms with van der Waals surface area (Å²) in [6.07, 6.45) is -0.318. The largest absolute Gasteiger partial charge is 0.453 e. The monoisotopic (exact) mass is 488 g/mol. The quantitative estimate of drug-likeness (QED) is 0.244. The normalized spacial score (nSPS) is 17.4. The third-order valence-corrected chi connectivity index (χ3v) is 8.35. The zero-order valence-electron chi connectivity index (χ0n) is 18.1. The van der Waals surface area contributed by atoms with Crippen molar-refractivity contribution < 1.29 is 36.4 Å². The van der Waals surface area contributed by atoms with E-state index in [0.717, 1.165) is 45.6 Å². The van der Waals surface area contributed by atoms with Gasteiger partial charge in [0.25, 0.3) is 5.69 Å². The fourth-order valence-corrected chi connectivity index (χ4v) is 6.42. The van der Waals surface area contributed by atoms with Crippen LogP contribution in [-0.4, -0.2) is 24.1 Å². The van der Waals surface area contributed by atoms with Crippen LogP contribution in [0.4, 0.5) is 18.9 Å². The Morgan fingerprint density at radius 3 is 2.27 bits per heavy atom. The molecule has 33 heavy (non-hydrogen) atoms. The summed E-state index contributed by atoms with van der Waals surface area (Å²) in [4.78, 5) is 14.3. The Kier molecular flexibility index (Phi) is 7.45. The van der Waals surface area contributed by atoms with Crippen molar-refractivity contribution in [2.45, 2.75) is 43.6 Å². The first-order valence-corrected chi connectivity index (χ1v) is 11.8. The first-order valence-electron chi connectivity index (χ1n) is 10.3. The Morgan fingerprint density at radius 1 is 1.09 bits per heavy atom. The van der Waals surface area contributed by atoms with Gasteiger partial charge in [-0.25, -0.2) is 4.98 Å². The van der Waals surface area contributed by atoms with Gasteiger partial charge in [-0.2, -0.15) is 13.2 Å². The number of hydrogen-bond donors (Lipinski definition) is 0. The highest BCUT2D eigenvalue weighted by molar-refractivity contribution is 7.55. The lowest BCUT2D eigenvalue weighted by molar-refractivity contribution is -0.388. The van der Waals surface area contributed by atoms with Crippen LogP contribution in [0.25, 0.3) is 0 Å². The number of rotatable bonds is 8. The third-order valence-electron chi connectivity index (χ3n) is 5.86. The van der Waals surface area contributed by atoms with Gasteiger partial charge in [-0.05, 0) is 31.0 Å². The molecule has 3 rings (SSSR count). The number of benzene rings is 1. The summed E-state index contributed by atoms with van der Waals surface area (Å²) in [7, 11) is -2.04. The van der Waals surface area contributed by atoms with E-state index < -0.39 is 41.2 Å². The molecule has 1 fully saturated rings. The van der Waals surface area contributed by atoms with E-state index in [1.54, 1.807) is 12.1 Å². The molecule has 0 amide bonds. The van der Waals surface area contributed by atoms with E-state index in [0.29, 0.717) is 18.9 Å². The lowest BCUT2D eigenvalue weighted by Crippen LogP contribution is -2.43. The average Bonchev–Trinajstić information content (AvgIpc) is 2.82. The SMILES string of the molecule is COP(=O)(OC)C(Oc1ccccn1)(c1ccc([N+](=O)[O-])c(C(F)(F)F)c1)C1CCCCC1. The van der Waals surface area contributed by atoms with Gasteiger partial charge in [-0.3, -0.25) is 14.7 Å². The van der Waals surface area contributed by atoms with Crippen molar-refractivity contribution in [3.8, 4) is 5.88 Å². The molecule has 0 spiro atoms. The standard InChI is InChI=1S/C21H24F3N2O6P/c1-30-33(29,31-2)20(15-8-4-3-5-9-15,32-19-10-6-7-13-25-19)16-11-12-18(26(27)28)17(14-16)21(22,23)24/h6-7,10-15H,3-5,8-9H2,1-2H3. The van der Waals surface area contributed by atoms with E-state index >= 15 is 0 Å². The molecular weight excluding hydrogens is 464 g/mol. The molecular formula is C21H24F3N2O6P. The summed E-state index contributed by atoms with van der Waals surface area (Å²) in [5.74, 6) is -0.564. The molecule has 1 unspecified atom stereocenters. The number of nitro benzene ring substituents is 1. The highest BCUT2D eigenvalue weighted by Crippen LogP contribution is 2.69. The second kappa shape index (κ2) is 9.79. The molecule has 0 radical (unpaired) electrons. The van der Waals surface area contributed by atoms with Gasteiger partial charge in [-0.1, -0.05) is 25.3 Å². The van der Waals surface area contributed by atoms with Crippen LogP contribution < -0.4 is 4.74 Å². The van der Waals surface area contributed by atoms with E-state index in [2.05, 4.69) is 4.98 Å². The number of pyridine rings is 1. The summed E-state index contributed by atoms with van der Waals surface area (Å²) in [5.41, 5.74) is -2.79. The van der Waals surface area contributed by atoms with Crippen molar-refractivity contribution in [2.24, 2.45) is 5.92 Å². The number of hydrogen-bond acceptors (Lipinski definition) is 7. The minimum absolute atomic E-state index is 0.00399. The zero-order valence-corrected chi connectivity index (χ0v) is 19.0. The van der Waals surface area contributed by atoms with Gasteiger partial charge in [0.2, 0.25) is 11.2 Å². The molecule has 1 aromatic heterocycles. The maximum absolute atomic E-state index is 14.0. The molecule has 8 nitrogen and oxygen atoms in total. The Balaban J connectivity index is 2.36. The molecule has 2 aromatic rings. The van der Waals surface area contributed by atoms with E-state index in [9.17, 15) is 27.9 Å². The number of alkyl halides is 3. The minimum atomic E-state index is -5.04. The zero-order chi connectivity index (χ0) is 24.3. The van der Waals surface area contributed by atoms with Crippen LogP contribution in [0.3, 0.4) is 0 Å². The molecule has 1 atom stereocenters. The molecule has 1 heterocycles. The summed E-state index contributed by atoms with van der Waals surface area (Å²) in [6.45, 7) is 0. The highest BCUT2D eigenvalue weighted by atomic mass is 31.2. The molecule has 12 heteroatoms. The fourth-order valence-electron chi connectivity index (χ4n) is 4.37. The van der Waals surface area contributed by atoms with Crippen LogP contribution in [-0.2, 0) is 25.1 Å². The van der Waals surface area contributed by atoms with E-state index in [1.807, 2.05) is 0 Å². The smallest absolute Gasteiger partial charge is 0.423 e. The fraction of sp³-hybridized carbons (Fsp3) is 0.476. The Morgan fingerprint density at radius 2 is 1.76 bits per heavy atom. The van der Waals surface area contributed by atoms with Gasteiger partial charge in [-0.15, -0.1) is 0 Å². The van der Waals surface area contributed by atoms with Crippen LogP contribution in [0.5, 0.6) is 5.88 Å². The van der Waals surface area contributed by atoms with E-state index in [4.69, 9.17) is 13.8 Å². The highest BCUT2D eigenvalue weighted by Gasteiger charge is 2.60. The number of aromatic nitrogens is 1. The predicted octanol–water partition coefficient (Wildman–Crippen LogP) is 6.31. The lowest BCUT2D eigenvalue weighted by atomic mass is 9.81. The van der Waals surface area contributed by atoms with Crippen molar-refractivity contribution in [1.82, 2.24) is 4.98 Å². The van der Waals surface area contributed by atoms with Crippen LogP contribution in [0.1, 0.15) is 43.2 Å². The van der Waals surface area contributed by atoms with Crippen LogP contribution in [0.2, 0.25) is 0 Å². The molecule has 1 saturated carbocycles. The third kappa shape index (κ3) is 4.76. The maximum Gasteiger partial charge on any atom is 0.423 e. The van der Waals surface area contributed by atoms with Gasteiger partial charge in [0.1, 0.15) is 5.56 Å². The van der Waals surface area contributed by atoms with Gasteiger partial charge >= 0.3 is 13.8 Å². The summed E-state index contributed by atoms with van der Waals surface area (Å²) >= 11 is 0. The average molecular weight is 488 g/mol. The van der Waals surface area contributed by atoms with Crippen molar-refractivity contribution in [3.63, 3.8) is 0 Å². The van der Waals surface area contributed by atoms with Gasteiger partial charge in [0.15, 0.2) is 0 Å². The molecule has 1 aromatic carbocycles. The summed E-state index contributed by atoms with van der Waals surface area (Å²) in [6, 6.07) is 7.18. The summed E-state index contributed by atoms with van der Waals surface area (Å²) < 4.78 is 72.3. The van der Waals surface area contributed by atoms with Crippen molar-refractivity contribution in [1.29, 1.82) is 0 Å². The molecule has 1 aliphatic rings. The van der Waals surface area contributed by atoms with Crippen LogP contribution >= 0.6 is 7.60 Å². The molecule has 0 saturated heterocycles. The molecule has 0 aliphatic heterocycles. The van der Waals surface area contributed by atoms with E-state index in [-0.39, 0.29) is 11.4 Å². The first kappa shape index (κ1) is 25.1. The first-order chi connectivity index (χ1) is 15.6. The van der Waals surface area contributed by atoms with Crippen LogP contribution in [0.15, 0.2) is 42.6 Å². The van der Waals surface area contributed by atoms with Gasteiger partial charge in [0, 0.05) is 44.0 Å². The van der Waals surface area contributed by atoms with Gasteiger partial charge in [0.05, 0.1) is 4.92 Å². The Labute approximate surface area is 188 Å². The molecule has 0 bridgehead atoms. The second-order valence-electron chi connectivity index (χ2n) is 7.65. The predicted molar refractivity (Wildman–Crippen MR) is 113 cm³/mol. The lowest BCUT2D eigenvalue weighted by Gasteiger charge is -2.44. The van der Waals surface area contributed by atoms with Gasteiger partial charge < -0.3 is 13.8 Å². The summed E-state index contributed by atoms with van der Waals surface area (Å²) in [5, 5.41) is 9.28. The Hall–Kier alpha value is -2.49. The van der Waals surface area contributed by atoms with E-state index in [1.165, 1.54) is 12.3 Å². The topological polar surface area (TPSA) is 101 Å². The molecule has 1 aliphatic carbocycles. The Bertz CT molecular complexity index is 1020. The van der Waals surface area contributed by atoms with Crippen molar-refractivity contribution in [3.05, 3.63) is 63.8 Å². The minimum Gasteiger partial charge on any atom is -0.453 e. The number of nitrogens with zero attached hydrogens (tertiary/aromatic N) is 2. The maximum atomic E-state index is 14.0. The second-order valence-corrected chi connectivity index (χ2v) is 10.0. The van der Waals surface area contributed by atoms with Crippen molar-refractivity contribution in [2.75, 3.05) is 14.2 Å². The van der Waals surface area contributed by atoms with Crippen molar-refractivity contribution >= 4 is 13.3 Å². The number of ether oxygens (including phenoxy) is 1. The molecule has 0 N–H and O–H groups in total. The van der Waals surface area contributed by atoms with Crippen LogP contribution in [0, 0.1) is 16.0 Å².